The molecule has 0 aliphatic carbocycles. The van der Waals surface area contributed by atoms with Gasteiger partial charge in [-0.15, -0.1) is 0 Å². The van der Waals surface area contributed by atoms with Crippen molar-refractivity contribution >= 4 is 11.7 Å². The molecular formula is C15H19N3O. The number of carbonyl (C=O) groups excluding carboxylic acids is 1. The highest BCUT2D eigenvalue weighted by Crippen LogP contribution is 2.10. The van der Waals surface area contributed by atoms with Gasteiger partial charge >= 0.3 is 0 Å². The summed E-state index contributed by atoms with van der Waals surface area (Å²) in [5, 5.41) is 7.07. The summed E-state index contributed by atoms with van der Waals surface area (Å²) in [6.45, 7) is 4.02. The number of benzene rings is 1. The molecule has 0 unspecified atom stereocenters. The van der Waals surface area contributed by atoms with Crippen LogP contribution >= 0.6 is 0 Å². The number of aryl methyl sites for hydroxylation is 3. The summed E-state index contributed by atoms with van der Waals surface area (Å²) in [7, 11) is 1.82. The molecular weight excluding hydrogens is 238 g/mol. The van der Waals surface area contributed by atoms with Crippen LogP contribution in [0.3, 0.4) is 0 Å². The quantitative estimate of drug-likeness (QED) is 0.914. The summed E-state index contributed by atoms with van der Waals surface area (Å²) in [5.74, 6) is 0.708. The molecule has 0 saturated carbocycles. The summed E-state index contributed by atoms with van der Waals surface area (Å²) in [6.07, 6.45) is 1.40. The van der Waals surface area contributed by atoms with Gasteiger partial charge in [-0.2, -0.15) is 5.10 Å². The number of amides is 1. The van der Waals surface area contributed by atoms with E-state index in [1.807, 2.05) is 32.2 Å². The molecule has 4 heteroatoms. The second kappa shape index (κ2) is 5.69. The van der Waals surface area contributed by atoms with Crippen LogP contribution in [0.1, 0.15) is 23.7 Å². The van der Waals surface area contributed by atoms with E-state index in [1.165, 1.54) is 5.56 Å². The van der Waals surface area contributed by atoms with E-state index in [9.17, 15) is 4.79 Å². The zero-order chi connectivity index (χ0) is 13.8. The first kappa shape index (κ1) is 13.3. The third kappa shape index (κ3) is 3.44. The van der Waals surface area contributed by atoms with Crippen molar-refractivity contribution in [2.75, 3.05) is 5.32 Å². The van der Waals surface area contributed by atoms with Crippen molar-refractivity contribution in [3.63, 3.8) is 0 Å². The second-order valence-electron chi connectivity index (χ2n) is 4.69. The number of hydrogen-bond acceptors (Lipinski definition) is 2. The minimum atomic E-state index is -0.0211. The van der Waals surface area contributed by atoms with Crippen molar-refractivity contribution < 1.29 is 4.79 Å². The topological polar surface area (TPSA) is 46.9 Å². The number of rotatable bonds is 4. The number of carbonyl (C=O) groups is 1. The Morgan fingerprint density at radius 2 is 1.89 bits per heavy atom. The van der Waals surface area contributed by atoms with Crippen LogP contribution in [0, 0.1) is 6.92 Å². The van der Waals surface area contributed by atoms with Crippen molar-refractivity contribution in [2.45, 2.75) is 26.7 Å². The summed E-state index contributed by atoms with van der Waals surface area (Å²) in [4.78, 5) is 11.9. The van der Waals surface area contributed by atoms with Gasteiger partial charge in [0.25, 0.3) is 0 Å². The van der Waals surface area contributed by atoms with Crippen molar-refractivity contribution in [1.29, 1.82) is 0 Å². The zero-order valence-electron chi connectivity index (χ0n) is 11.6. The second-order valence-corrected chi connectivity index (χ2v) is 4.69. The molecule has 0 aliphatic rings. The lowest BCUT2D eigenvalue weighted by Gasteiger charge is -2.05. The molecule has 0 radical (unpaired) electrons. The highest BCUT2D eigenvalue weighted by Gasteiger charge is 2.07. The van der Waals surface area contributed by atoms with Crippen LogP contribution in [-0.2, 0) is 24.7 Å². The average Bonchev–Trinajstić information content (AvgIpc) is 2.68. The molecule has 0 saturated heterocycles. The molecule has 1 amide bonds. The predicted molar refractivity (Wildman–Crippen MR) is 76.1 cm³/mol. The summed E-state index contributed by atoms with van der Waals surface area (Å²) >= 11 is 0. The molecule has 1 heterocycles. The molecule has 0 bridgehead atoms. The van der Waals surface area contributed by atoms with Gasteiger partial charge in [-0.25, -0.2) is 0 Å². The Bertz CT molecular complexity index is 570. The SMILES string of the molecule is CCc1ccc(CC(=O)Nc2cc(C)nn2C)cc1. The largest absolute Gasteiger partial charge is 0.311 e. The summed E-state index contributed by atoms with van der Waals surface area (Å²) < 4.78 is 1.67. The number of anilines is 1. The van der Waals surface area contributed by atoms with Crippen molar-refractivity contribution in [3.8, 4) is 0 Å². The Kier molecular flexibility index (Phi) is 4.00. The predicted octanol–water partition coefficient (Wildman–Crippen LogP) is 2.47. The third-order valence-corrected chi connectivity index (χ3v) is 3.07. The minimum absolute atomic E-state index is 0.0211. The highest BCUT2D eigenvalue weighted by atomic mass is 16.1. The van der Waals surface area contributed by atoms with Crippen LogP contribution in [-0.4, -0.2) is 15.7 Å². The fraction of sp³-hybridized carbons (Fsp3) is 0.333. The lowest BCUT2D eigenvalue weighted by Crippen LogP contribution is -2.16. The molecule has 0 fully saturated rings. The standard InChI is InChI=1S/C15H19N3O/c1-4-12-5-7-13(8-6-12)10-15(19)16-14-9-11(2)17-18(14)3/h5-9H,4,10H2,1-3H3,(H,16,19). The third-order valence-electron chi connectivity index (χ3n) is 3.07. The van der Waals surface area contributed by atoms with Crippen LogP contribution in [0.25, 0.3) is 0 Å². The molecule has 0 atom stereocenters. The monoisotopic (exact) mass is 257 g/mol. The van der Waals surface area contributed by atoms with Gasteiger partial charge in [0.05, 0.1) is 12.1 Å². The molecule has 4 nitrogen and oxygen atoms in total. The van der Waals surface area contributed by atoms with Gasteiger partial charge in [0.15, 0.2) is 0 Å². The first-order chi connectivity index (χ1) is 9.08. The van der Waals surface area contributed by atoms with Crippen molar-refractivity contribution in [1.82, 2.24) is 9.78 Å². The lowest BCUT2D eigenvalue weighted by atomic mass is 10.1. The number of hydrogen-bond donors (Lipinski definition) is 1. The summed E-state index contributed by atoms with van der Waals surface area (Å²) in [5.41, 5.74) is 3.20. The van der Waals surface area contributed by atoms with E-state index >= 15 is 0 Å². The van der Waals surface area contributed by atoms with Crippen LogP contribution in [0.15, 0.2) is 30.3 Å². The van der Waals surface area contributed by atoms with E-state index in [4.69, 9.17) is 0 Å². The van der Waals surface area contributed by atoms with E-state index in [0.717, 1.165) is 23.5 Å². The Labute approximate surface area is 113 Å². The fourth-order valence-corrected chi connectivity index (χ4v) is 1.99. The Hall–Kier alpha value is -2.10. The van der Waals surface area contributed by atoms with Crippen LogP contribution < -0.4 is 5.32 Å². The molecule has 1 aromatic heterocycles. The average molecular weight is 257 g/mol. The van der Waals surface area contributed by atoms with E-state index in [-0.39, 0.29) is 5.91 Å². The molecule has 1 N–H and O–H groups in total. The van der Waals surface area contributed by atoms with Crippen molar-refractivity contribution in [2.24, 2.45) is 7.05 Å². The Morgan fingerprint density at radius 3 is 2.42 bits per heavy atom. The van der Waals surface area contributed by atoms with Gasteiger partial charge in [0, 0.05) is 13.1 Å². The highest BCUT2D eigenvalue weighted by molar-refractivity contribution is 5.91. The molecule has 0 aliphatic heterocycles. The van der Waals surface area contributed by atoms with Crippen LogP contribution in [0.2, 0.25) is 0 Å². The molecule has 2 aromatic rings. The smallest absolute Gasteiger partial charge is 0.229 e. The van der Waals surface area contributed by atoms with E-state index in [2.05, 4.69) is 29.5 Å². The molecule has 100 valence electrons. The maximum atomic E-state index is 11.9. The van der Waals surface area contributed by atoms with Crippen LogP contribution in [0.4, 0.5) is 5.82 Å². The summed E-state index contributed by atoms with van der Waals surface area (Å²) in [6, 6.07) is 10.0. The van der Waals surface area contributed by atoms with Gasteiger partial charge in [0.1, 0.15) is 5.82 Å². The molecule has 19 heavy (non-hydrogen) atoms. The van der Waals surface area contributed by atoms with Gasteiger partial charge in [-0.05, 0) is 24.5 Å². The van der Waals surface area contributed by atoms with Gasteiger partial charge < -0.3 is 5.32 Å². The Morgan fingerprint density at radius 1 is 1.26 bits per heavy atom. The molecule has 1 aromatic carbocycles. The number of nitrogens with one attached hydrogen (secondary N) is 1. The molecule has 0 spiro atoms. The molecule has 2 rings (SSSR count). The van der Waals surface area contributed by atoms with E-state index in [1.54, 1.807) is 4.68 Å². The van der Waals surface area contributed by atoms with Gasteiger partial charge in [-0.1, -0.05) is 31.2 Å². The van der Waals surface area contributed by atoms with Gasteiger partial charge in [-0.3, -0.25) is 9.48 Å². The fourth-order valence-electron chi connectivity index (χ4n) is 1.99. The first-order valence-corrected chi connectivity index (χ1v) is 6.47. The van der Waals surface area contributed by atoms with Crippen molar-refractivity contribution in [3.05, 3.63) is 47.2 Å². The number of aromatic nitrogens is 2. The lowest BCUT2D eigenvalue weighted by molar-refractivity contribution is -0.115. The number of nitrogens with zero attached hydrogens (tertiary/aromatic N) is 2. The minimum Gasteiger partial charge on any atom is -0.311 e. The van der Waals surface area contributed by atoms with Gasteiger partial charge in [0.2, 0.25) is 5.91 Å². The Balaban J connectivity index is 1.99. The maximum Gasteiger partial charge on any atom is 0.229 e. The zero-order valence-corrected chi connectivity index (χ0v) is 11.6. The first-order valence-electron chi connectivity index (χ1n) is 6.47. The normalized spacial score (nSPS) is 10.5. The maximum absolute atomic E-state index is 11.9. The van der Waals surface area contributed by atoms with E-state index in [0.29, 0.717) is 6.42 Å². The van der Waals surface area contributed by atoms with Crippen LogP contribution in [0.5, 0.6) is 0 Å². The van der Waals surface area contributed by atoms with E-state index < -0.39 is 0 Å².